The summed E-state index contributed by atoms with van der Waals surface area (Å²) in [5.74, 6) is 0. The van der Waals surface area contributed by atoms with Crippen LogP contribution in [-0.4, -0.2) is 19.2 Å². The van der Waals surface area contributed by atoms with E-state index in [9.17, 15) is 0 Å². The van der Waals surface area contributed by atoms with Crippen LogP contribution in [0.1, 0.15) is 6.92 Å². The summed E-state index contributed by atoms with van der Waals surface area (Å²) in [4.78, 5) is 0. The molecule has 0 unspecified atom stereocenters. The first-order valence-electron chi connectivity index (χ1n) is 13.3. The minimum Gasteiger partial charge on any atom is -0.330 e. The van der Waals surface area contributed by atoms with E-state index >= 15 is 0 Å². The standard InChI is InChI=1S/C35H30N2Si/c1-26-24-35(26,25-36)38(28-15-7-3-8-16-28,29-17-9-4-10-18-29)30-21-22-34-32(23-30)31-19-11-12-20-33(31)37(34)27-13-5-2-6-14-27/h2-24H,25,36H2,1H3/t35-/m1/s1. The first-order valence-corrected chi connectivity index (χ1v) is 15.3. The van der Waals surface area contributed by atoms with E-state index in [2.05, 4.69) is 151 Å². The van der Waals surface area contributed by atoms with Crippen molar-refractivity contribution in [3.63, 3.8) is 0 Å². The summed E-state index contributed by atoms with van der Waals surface area (Å²) < 4.78 is 2.39. The van der Waals surface area contributed by atoms with Crippen molar-refractivity contribution in [3.05, 3.63) is 145 Å². The van der Waals surface area contributed by atoms with Crippen LogP contribution in [0.5, 0.6) is 0 Å². The molecular formula is C35H30N2Si. The molecule has 38 heavy (non-hydrogen) atoms. The van der Waals surface area contributed by atoms with Crippen molar-refractivity contribution in [1.29, 1.82) is 0 Å². The molecule has 7 rings (SSSR count). The maximum Gasteiger partial charge on any atom is 0.163 e. The van der Waals surface area contributed by atoms with Crippen LogP contribution in [0.3, 0.4) is 0 Å². The molecule has 1 atom stereocenters. The average Bonchev–Trinajstić information content (AvgIpc) is 3.55. The molecule has 1 aliphatic carbocycles. The van der Waals surface area contributed by atoms with Gasteiger partial charge in [-0.25, -0.2) is 0 Å². The first-order chi connectivity index (χ1) is 18.7. The van der Waals surface area contributed by atoms with Gasteiger partial charge < -0.3 is 10.3 Å². The van der Waals surface area contributed by atoms with Gasteiger partial charge in [-0.1, -0.05) is 121 Å². The van der Waals surface area contributed by atoms with Gasteiger partial charge >= 0.3 is 0 Å². The SMILES string of the molecule is CC1=C[C@]1(CN)[Si](c1ccccc1)(c1ccccc1)c1ccc2c(c1)c1ccccc1n2-c1ccccc1. The summed E-state index contributed by atoms with van der Waals surface area (Å²) in [6.07, 6.45) is 2.44. The molecule has 184 valence electrons. The molecule has 0 saturated carbocycles. The van der Waals surface area contributed by atoms with Crippen molar-refractivity contribution in [2.24, 2.45) is 5.73 Å². The zero-order valence-corrected chi connectivity index (χ0v) is 22.5. The zero-order valence-electron chi connectivity index (χ0n) is 21.5. The predicted molar refractivity (Wildman–Crippen MR) is 164 cm³/mol. The Hall–Kier alpha value is -4.18. The van der Waals surface area contributed by atoms with Crippen LogP contribution in [-0.2, 0) is 0 Å². The number of fused-ring (bicyclic) bond motifs is 3. The highest BCUT2D eigenvalue weighted by molar-refractivity contribution is 7.14. The smallest absolute Gasteiger partial charge is 0.163 e. The molecule has 2 N–H and O–H groups in total. The maximum atomic E-state index is 6.72. The summed E-state index contributed by atoms with van der Waals surface area (Å²) in [5, 5.41) is 6.64. The van der Waals surface area contributed by atoms with Crippen molar-refractivity contribution < 1.29 is 0 Å². The monoisotopic (exact) mass is 506 g/mol. The van der Waals surface area contributed by atoms with Crippen LogP contribution < -0.4 is 21.3 Å². The Labute approximate surface area is 224 Å². The molecule has 0 spiro atoms. The highest BCUT2D eigenvalue weighted by atomic mass is 28.3. The third kappa shape index (κ3) is 3.09. The predicted octanol–water partition coefficient (Wildman–Crippen LogP) is 5.91. The van der Waals surface area contributed by atoms with E-state index in [4.69, 9.17) is 5.73 Å². The number of hydrogen-bond donors (Lipinski definition) is 1. The fraction of sp³-hybridized carbons (Fsp3) is 0.0857. The lowest BCUT2D eigenvalue weighted by molar-refractivity contribution is 0.881. The normalized spacial score (nSPS) is 17.1. The molecule has 0 fully saturated rings. The van der Waals surface area contributed by atoms with Gasteiger partial charge in [0.2, 0.25) is 0 Å². The van der Waals surface area contributed by atoms with Crippen LogP contribution >= 0.6 is 0 Å². The topological polar surface area (TPSA) is 30.9 Å². The molecule has 0 saturated heterocycles. The molecule has 2 nitrogen and oxygen atoms in total. The van der Waals surface area contributed by atoms with Crippen molar-refractivity contribution in [2.75, 3.05) is 6.54 Å². The van der Waals surface area contributed by atoms with Crippen LogP contribution in [0, 0.1) is 0 Å². The van der Waals surface area contributed by atoms with E-state index in [-0.39, 0.29) is 5.04 Å². The number of nitrogens with two attached hydrogens (primary N) is 1. The van der Waals surface area contributed by atoms with Gasteiger partial charge in [-0.2, -0.15) is 0 Å². The van der Waals surface area contributed by atoms with Gasteiger partial charge in [0, 0.05) is 28.0 Å². The second-order valence-electron chi connectivity index (χ2n) is 10.4. The van der Waals surface area contributed by atoms with Crippen LogP contribution in [0.2, 0.25) is 5.04 Å². The minimum absolute atomic E-state index is 0.124. The molecule has 6 aromatic rings. The van der Waals surface area contributed by atoms with Crippen LogP contribution in [0.25, 0.3) is 27.5 Å². The second-order valence-corrected chi connectivity index (χ2v) is 14.5. The van der Waals surface area contributed by atoms with Crippen molar-refractivity contribution in [3.8, 4) is 5.69 Å². The quantitative estimate of drug-likeness (QED) is 0.170. The number of benzene rings is 5. The average molecular weight is 507 g/mol. The van der Waals surface area contributed by atoms with Crippen molar-refractivity contribution in [2.45, 2.75) is 12.0 Å². The fourth-order valence-electron chi connectivity index (χ4n) is 6.82. The Morgan fingerprint density at radius 1 is 0.605 bits per heavy atom. The molecule has 5 aromatic carbocycles. The number of nitrogens with zero attached hydrogens (tertiary/aromatic N) is 1. The summed E-state index contributed by atoms with van der Waals surface area (Å²) in [5.41, 5.74) is 11.8. The van der Waals surface area contributed by atoms with Gasteiger partial charge in [0.25, 0.3) is 0 Å². The Bertz CT molecular complexity index is 1760. The highest BCUT2D eigenvalue weighted by Gasteiger charge is 2.61. The van der Waals surface area contributed by atoms with E-state index in [1.54, 1.807) is 0 Å². The van der Waals surface area contributed by atoms with Crippen molar-refractivity contribution >= 4 is 45.4 Å². The molecular weight excluding hydrogens is 476 g/mol. The zero-order chi connectivity index (χ0) is 25.7. The van der Waals surface area contributed by atoms with Crippen LogP contribution in [0.15, 0.2) is 145 Å². The Morgan fingerprint density at radius 2 is 1.13 bits per heavy atom. The van der Waals surface area contributed by atoms with Gasteiger partial charge in [-0.15, -0.1) is 0 Å². The molecule has 0 bridgehead atoms. The van der Waals surface area contributed by atoms with E-state index in [0.717, 1.165) is 0 Å². The van der Waals surface area contributed by atoms with Crippen LogP contribution in [0.4, 0.5) is 0 Å². The van der Waals surface area contributed by atoms with Gasteiger partial charge in [0.05, 0.1) is 11.0 Å². The van der Waals surface area contributed by atoms with Gasteiger partial charge in [-0.05, 0) is 46.7 Å². The Kier molecular flexibility index (Phi) is 5.26. The fourth-order valence-corrected chi connectivity index (χ4v) is 12.8. The van der Waals surface area contributed by atoms with E-state index in [1.165, 1.54) is 48.6 Å². The molecule has 1 aromatic heterocycles. The largest absolute Gasteiger partial charge is 0.330 e. The molecule has 0 amide bonds. The summed E-state index contributed by atoms with van der Waals surface area (Å²) in [6.45, 7) is 2.87. The molecule has 1 heterocycles. The molecule has 0 aliphatic heterocycles. The van der Waals surface area contributed by atoms with Gasteiger partial charge in [0.1, 0.15) is 0 Å². The van der Waals surface area contributed by atoms with E-state index in [0.29, 0.717) is 6.54 Å². The third-order valence-corrected chi connectivity index (χ3v) is 14.3. The van der Waals surface area contributed by atoms with Gasteiger partial charge in [0.15, 0.2) is 8.07 Å². The lowest BCUT2D eigenvalue weighted by Gasteiger charge is -2.42. The molecule has 3 heteroatoms. The summed E-state index contributed by atoms with van der Waals surface area (Å²) in [7, 11) is -2.60. The Morgan fingerprint density at radius 3 is 1.71 bits per heavy atom. The van der Waals surface area contributed by atoms with Gasteiger partial charge in [-0.3, -0.25) is 0 Å². The first kappa shape index (κ1) is 23.0. The third-order valence-electron chi connectivity index (χ3n) is 8.61. The lowest BCUT2D eigenvalue weighted by Crippen LogP contribution is -2.72. The molecule has 0 radical (unpaired) electrons. The van der Waals surface area contributed by atoms with Crippen molar-refractivity contribution in [1.82, 2.24) is 4.57 Å². The number of para-hydroxylation sites is 2. The summed E-state index contributed by atoms with van der Waals surface area (Å²) in [6, 6.07) is 48.9. The lowest BCUT2D eigenvalue weighted by atomic mass is 10.1. The molecule has 1 aliphatic rings. The van der Waals surface area contributed by atoms with E-state index < -0.39 is 8.07 Å². The number of rotatable bonds is 6. The summed E-state index contributed by atoms with van der Waals surface area (Å²) >= 11 is 0. The Balaban J connectivity index is 1.60. The maximum absolute atomic E-state index is 6.72. The minimum atomic E-state index is -2.60. The highest BCUT2D eigenvalue weighted by Crippen LogP contribution is 2.57. The van der Waals surface area contributed by atoms with E-state index in [1.807, 2.05) is 0 Å². The number of hydrogen-bond acceptors (Lipinski definition) is 1. The second kappa shape index (κ2) is 8.69. The number of aromatic nitrogens is 1.